The number of amides is 2. The number of alkyl halides is 3. The number of aromatic nitrogens is 4. The zero-order valence-electron chi connectivity index (χ0n) is 28.9. The number of hydrogen-bond acceptors (Lipinski definition) is 15. The predicted octanol–water partition coefficient (Wildman–Crippen LogP) is 2.63. The number of hydrogen-bond donors (Lipinski definition) is 1. The van der Waals surface area contributed by atoms with E-state index >= 15 is 0 Å². The van der Waals surface area contributed by atoms with Crippen LogP contribution >= 0.6 is 0 Å². The lowest BCUT2D eigenvalue weighted by Gasteiger charge is -2.31. The van der Waals surface area contributed by atoms with E-state index in [4.69, 9.17) is 9.47 Å². The van der Waals surface area contributed by atoms with Crippen molar-refractivity contribution in [2.45, 2.75) is 84.2 Å². The zero-order valence-corrected chi connectivity index (χ0v) is 29.7. The smallest absolute Gasteiger partial charge is 0.463 e. The molecule has 2 aromatic rings. The monoisotopic (exact) mass is 750 g/mol. The van der Waals surface area contributed by atoms with E-state index in [1.54, 1.807) is 41.5 Å². The second-order valence-corrected chi connectivity index (χ2v) is 14.4. The molecule has 0 saturated carbocycles. The normalized spacial score (nSPS) is 14.6. The van der Waals surface area contributed by atoms with Crippen molar-refractivity contribution in [2.75, 3.05) is 27.3 Å². The minimum Gasteiger partial charge on any atom is -0.463 e. The highest BCUT2D eigenvalue weighted by Gasteiger charge is 2.49. The first-order chi connectivity index (χ1) is 23.4. The second-order valence-electron chi connectivity index (χ2n) is 12.9. The number of aromatic amines is 1. The van der Waals surface area contributed by atoms with Crippen LogP contribution in [0, 0.1) is 0 Å². The Morgan fingerprint density at radius 2 is 1.22 bits per heavy atom. The van der Waals surface area contributed by atoms with E-state index in [1.807, 2.05) is 0 Å². The second kappa shape index (κ2) is 15.1. The summed E-state index contributed by atoms with van der Waals surface area (Å²) in [4.78, 5) is 76.0. The van der Waals surface area contributed by atoms with Gasteiger partial charge in [0.05, 0.1) is 38.7 Å². The molecule has 1 N–H and O–H groups in total. The SMILES string of the molecule is COC(=O)c1nc2c(c(=O)[nH]1)CCN(C(=O)OC(C)(C)C)C2.COC(=O)c1nc2c(c(OS(=O)(=O)C(F)(F)F)n1)CCN(C(=O)OC(C)(C)C)C2. The molecular weight excluding hydrogens is 713 g/mol. The fourth-order valence-corrected chi connectivity index (χ4v) is 4.84. The Morgan fingerprint density at radius 3 is 1.67 bits per heavy atom. The lowest BCUT2D eigenvalue weighted by molar-refractivity contribution is -0.0501. The highest BCUT2D eigenvalue weighted by molar-refractivity contribution is 7.88. The van der Waals surface area contributed by atoms with Gasteiger partial charge in [0.1, 0.15) is 11.2 Å². The topological polar surface area (TPSA) is 227 Å². The molecule has 0 atom stereocenters. The number of rotatable bonds is 4. The predicted molar refractivity (Wildman–Crippen MR) is 166 cm³/mol. The van der Waals surface area contributed by atoms with Gasteiger partial charge in [-0.15, -0.1) is 0 Å². The van der Waals surface area contributed by atoms with Gasteiger partial charge in [-0.3, -0.25) is 4.79 Å². The Balaban J connectivity index is 0.000000286. The molecule has 0 aromatic carbocycles. The minimum absolute atomic E-state index is 0.0225. The lowest BCUT2D eigenvalue weighted by Crippen LogP contribution is -2.42. The van der Waals surface area contributed by atoms with Crippen molar-refractivity contribution in [2.24, 2.45) is 0 Å². The van der Waals surface area contributed by atoms with E-state index < -0.39 is 62.7 Å². The maximum absolute atomic E-state index is 12.7. The molecular formula is C29H37F3N6O12S. The van der Waals surface area contributed by atoms with Crippen LogP contribution in [0.2, 0.25) is 0 Å². The molecule has 0 saturated heterocycles. The van der Waals surface area contributed by atoms with Crippen LogP contribution in [0.1, 0.15) is 85.3 Å². The van der Waals surface area contributed by atoms with E-state index in [1.165, 1.54) is 16.9 Å². The van der Waals surface area contributed by atoms with Crippen molar-refractivity contribution in [1.29, 1.82) is 0 Å². The molecule has 0 bridgehead atoms. The summed E-state index contributed by atoms with van der Waals surface area (Å²) in [5, 5.41) is 0. The molecule has 2 aromatic heterocycles. The van der Waals surface area contributed by atoms with Gasteiger partial charge in [0.2, 0.25) is 17.5 Å². The molecule has 0 spiro atoms. The number of nitrogens with zero attached hydrogens (tertiary/aromatic N) is 5. The molecule has 0 radical (unpaired) electrons. The van der Waals surface area contributed by atoms with Gasteiger partial charge in [-0.1, -0.05) is 0 Å². The summed E-state index contributed by atoms with van der Waals surface area (Å²) in [6.45, 7) is 10.5. The summed E-state index contributed by atoms with van der Waals surface area (Å²) in [5.74, 6) is -3.69. The molecule has 282 valence electrons. The van der Waals surface area contributed by atoms with Gasteiger partial charge in [0, 0.05) is 24.2 Å². The number of methoxy groups -OCH3 is 2. The first-order valence-corrected chi connectivity index (χ1v) is 16.4. The number of carbonyl (C=O) groups excluding carboxylic acids is 4. The third-order valence-corrected chi connectivity index (χ3v) is 7.57. The Kier molecular flexibility index (Phi) is 11.9. The number of ether oxygens (including phenoxy) is 4. The molecule has 4 rings (SSSR count). The molecule has 2 amide bonds. The van der Waals surface area contributed by atoms with Gasteiger partial charge in [-0.2, -0.15) is 26.6 Å². The largest absolute Gasteiger partial charge is 0.534 e. The van der Waals surface area contributed by atoms with Crippen LogP contribution < -0.4 is 9.74 Å². The van der Waals surface area contributed by atoms with Gasteiger partial charge in [0.15, 0.2) is 0 Å². The third-order valence-electron chi connectivity index (χ3n) is 6.62. The van der Waals surface area contributed by atoms with E-state index in [-0.39, 0.29) is 48.7 Å². The number of carbonyl (C=O) groups is 4. The van der Waals surface area contributed by atoms with Crippen molar-refractivity contribution in [3.8, 4) is 5.88 Å². The molecule has 0 fully saturated rings. The van der Waals surface area contributed by atoms with E-state index in [2.05, 4.69) is 33.6 Å². The fraction of sp³-hybridized carbons (Fsp3) is 0.586. The molecule has 4 heterocycles. The number of halogens is 3. The van der Waals surface area contributed by atoms with E-state index in [0.29, 0.717) is 24.2 Å². The Hall–Kier alpha value is -5.02. The van der Waals surface area contributed by atoms with E-state index in [9.17, 15) is 45.6 Å². The van der Waals surface area contributed by atoms with Crippen LogP contribution in [0.15, 0.2) is 4.79 Å². The highest BCUT2D eigenvalue weighted by Crippen LogP contribution is 2.32. The van der Waals surface area contributed by atoms with Crippen molar-refractivity contribution in [3.63, 3.8) is 0 Å². The zero-order chi connectivity index (χ0) is 38.7. The highest BCUT2D eigenvalue weighted by atomic mass is 32.2. The lowest BCUT2D eigenvalue weighted by atomic mass is 10.1. The summed E-state index contributed by atoms with van der Waals surface area (Å²) in [5.41, 5.74) is -6.75. The first kappa shape index (κ1) is 40.4. The molecule has 18 nitrogen and oxygen atoms in total. The molecule has 2 aliphatic rings. The van der Waals surface area contributed by atoms with Crippen molar-refractivity contribution in [1.82, 2.24) is 29.7 Å². The van der Waals surface area contributed by atoms with Crippen LogP contribution in [0.3, 0.4) is 0 Å². The Morgan fingerprint density at radius 1 is 0.745 bits per heavy atom. The Labute approximate surface area is 289 Å². The quantitative estimate of drug-likeness (QED) is 0.205. The average molecular weight is 751 g/mol. The van der Waals surface area contributed by atoms with Gasteiger partial charge >= 0.3 is 39.8 Å². The minimum atomic E-state index is -6.03. The van der Waals surface area contributed by atoms with Gasteiger partial charge in [0.25, 0.3) is 5.56 Å². The summed E-state index contributed by atoms with van der Waals surface area (Å²) < 4.78 is 84.4. The summed E-state index contributed by atoms with van der Waals surface area (Å²) in [6.07, 6.45) is -0.955. The maximum Gasteiger partial charge on any atom is 0.534 e. The van der Waals surface area contributed by atoms with Crippen molar-refractivity contribution < 1.29 is 63.9 Å². The van der Waals surface area contributed by atoms with Gasteiger partial charge in [-0.25, -0.2) is 29.1 Å². The van der Waals surface area contributed by atoms with Crippen LogP contribution in [0.5, 0.6) is 5.88 Å². The number of fused-ring (bicyclic) bond motifs is 2. The first-order valence-electron chi connectivity index (χ1n) is 15.0. The summed E-state index contributed by atoms with van der Waals surface area (Å²) in [7, 11) is -3.85. The summed E-state index contributed by atoms with van der Waals surface area (Å²) in [6, 6.07) is 0. The van der Waals surface area contributed by atoms with Crippen molar-refractivity contribution >= 4 is 34.2 Å². The van der Waals surface area contributed by atoms with Crippen LogP contribution in [-0.2, 0) is 55.0 Å². The van der Waals surface area contributed by atoms with E-state index in [0.717, 1.165) is 7.11 Å². The summed E-state index contributed by atoms with van der Waals surface area (Å²) >= 11 is 0. The molecule has 0 aliphatic carbocycles. The third kappa shape index (κ3) is 10.5. The van der Waals surface area contributed by atoms with Crippen LogP contribution in [0.4, 0.5) is 22.8 Å². The molecule has 2 aliphatic heterocycles. The average Bonchev–Trinajstić information content (AvgIpc) is 3.01. The van der Waals surface area contributed by atoms with Gasteiger partial charge in [-0.05, 0) is 54.4 Å². The van der Waals surface area contributed by atoms with Gasteiger partial charge < -0.3 is 37.9 Å². The van der Waals surface area contributed by atoms with Crippen molar-refractivity contribution in [3.05, 3.63) is 44.5 Å². The number of H-pyrrole nitrogens is 1. The standard InChI is InChI=1S/C15H18F3N3O7S.C14H19N3O5/c1-14(2,3)27-13(23)21-6-5-8-9(7-21)19-10(12(22)26-4)20-11(8)28-29(24,25)15(16,17)18;1-14(2,3)22-13(20)17-6-5-8-9(7-17)15-10(12(19)21-4)16-11(8)18/h5-7H2,1-4H3;5-7H2,1-4H3,(H,15,16,18). The van der Waals surface area contributed by atoms with Crippen LogP contribution in [-0.4, -0.2) is 106 Å². The molecule has 22 heteroatoms. The fourth-order valence-electron chi connectivity index (χ4n) is 4.40. The Bertz CT molecular complexity index is 1850. The maximum atomic E-state index is 12.7. The number of nitrogens with one attached hydrogen (secondary N) is 1. The molecule has 51 heavy (non-hydrogen) atoms. The molecule has 0 unspecified atom stereocenters. The van der Waals surface area contributed by atoms with Crippen LogP contribution in [0.25, 0.3) is 0 Å². The number of esters is 2.